The van der Waals surface area contributed by atoms with Crippen molar-refractivity contribution < 1.29 is 28.9 Å². The first kappa shape index (κ1) is 12.2. The lowest BCUT2D eigenvalue weighted by molar-refractivity contribution is -0.195. The van der Waals surface area contributed by atoms with E-state index in [-0.39, 0.29) is 18.4 Å². The number of hydrogen-bond donors (Lipinski definition) is 1. The number of fused-ring (bicyclic) bond motifs is 4. The maximum Gasteiger partial charge on any atom is 0.342 e. The molecular formula is C15H16O6. The third kappa shape index (κ3) is 0.874. The van der Waals surface area contributed by atoms with Crippen LogP contribution in [0.2, 0.25) is 0 Å². The highest BCUT2D eigenvalue weighted by Gasteiger charge is 2.95. The molecule has 0 aromatic rings. The Hall–Kier alpha value is -1.40. The van der Waals surface area contributed by atoms with Gasteiger partial charge >= 0.3 is 11.9 Å². The quantitative estimate of drug-likeness (QED) is 0.414. The Morgan fingerprint density at radius 3 is 2.76 bits per heavy atom. The SMILES string of the molecule is C=C(C)C1C2OC(=O)C1[C@]1(O)CC3O[C@]34C(=O)OC2[C@]14C. The first-order chi connectivity index (χ1) is 9.79. The molecule has 8 atom stereocenters. The monoisotopic (exact) mass is 292 g/mol. The average molecular weight is 292 g/mol. The van der Waals surface area contributed by atoms with Gasteiger partial charge in [0.1, 0.15) is 12.2 Å². The zero-order valence-corrected chi connectivity index (χ0v) is 11.8. The lowest BCUT2D eigenvalue weighted by Crippen LogP contribution is -2.66. The van der Waals surface area contributed by atoms with Crippen molar-refractivity contribution in [1.29, 1.82) is 0 Å². The molecule has 3 heterocycles. The van der Waals surface area contributed by atoms with Crippen molar-refractivity contribution in [3.05, 3.63) is 12.2 Å². The number of hydrogen-bond acceptors (Lipinski definition) is 6. The van der Waals surface area contributed by atoms with E-state index < -0.39 is 46.7 Å². The molecule has 2 saturated carbocycles. The third-order valence-electron chi connectivity index (χ3n) is 6.60. The highest BCUT2D eigenvalue weighted by Crippen LogP contribution is 2.76. The predicted molar refractivity (Wildman–Crippen MR) is 66.8 cm³/mol. The second-order valence-electron chi connectivity index (χ2n) is 7.25. The molecule has 3 saturated heterocycles. The van der Waals surface area contributed by atoms with Crippen LogP contribution >= 0.6 is 0 Å². The number of epoxide rings is 1. The van der Waals surface area contributed by atoms with Gasteiger partial charge in [0.05, 0.1) is 16.9 Å². The van der Waals surface area contributed by atoms with Gasteiger partial charge in [0.25, 0.3) is 0 Å². The summed E-state index contributed by atoms with van der Waals surface area (Å²) in [5.74, 6) is -1.86. The average Bonchev–Trinajstić information content (AvgIpc) is 2.86. The normalized spacial score (nSPS) is 62.0. The molecule has 6 heteroatoms. The second-order valence-corrected chi connectivity index (χ2v) is 7.25. The van der Waals surface area contributed by atoms with Crippen molar-refractivity contribution in [1.82, 2.24) is 0 Å². The minimum atomic E-state index is -1.35. The molecule has 5 unspecified atom stereocenters. The van der Waals surface area contributed by atoms with E-state index in [1.165, 1.54) is 0 Å². The van der Waals surface area contributed by atoms with Crippen molar-refractivity contribution in [3.63, 3.8) is 0 Å². The van der Waals surface area contributed by atoms with Crippen molar-refractivity contribution in [3.8, 4) is 0 Å². The van der Waals surface area contributed by atoms with Gasteiger partial charge in [-0.3, -0.25) is 4.79 Å². The van der Waals surface area contributed by atoms with Crippen LogP contribution in [0.4, 0.5) is 0 Å². The molecule has 1 N–H and O–H groups in total. The van der Waals surface area contributed by atoms with Crippen LogP contribution in [0.5, 0.6) is 0 Å². The number of aliphatic hydroxyl groups is 1. The van der Waals surface area contributed by atoms with Crippen LogP contribution < -0.4 is 0 Å². The standard InChI is InChI=1S/C15H16O6/c1-5(2)7-8-11(16)19-9(7)10-13(3)14(8,18)4-6-15(13,21-6)12(17)20-10/h6-10,18H,1,4H2,2-3H3/t6?,7?,8?,9?,10?,13-,14-,15+/m1/s1. The summed E-state index contributed by atoms with van der Waals surface area (Å²) in [7, 11) is 0. The van der Waals surface area contributed by atoms with Gasteiger partial charge in [-0.05, 0) is 13.8 Å². The van der Waals surface area contributed by atoms with Crippen LogP contribution in [-0.4, -0.2) is 46.6 Å². The zero-order valence-electron chi connectivity index (χ0n) is 11.8. The summed E-state index contributed by atoms with van der Waals surface area (Å²) < 4.78 is 16.6. The van der Waals surface area contributed by atoms with Crippen molar-refractivity contribution in [2.24, 2.45) is 17.3 Å². The van der Waals surface area contributed by atoms with E-state index in [2.05, 4.69) is 6.58 Å². The van der Waals surface area contributed by atoms with Crippen molar-refractivity contribution in [2.45, 2.75) is 49.8 Å². The van der Waals surface area contributed by atoms with Crippen LogP contribution in [0.1, 0.15) is 20.3 Å². The van der Waals surface area contributed by atoms with E-state index in [0.29, 0.717) is 0 Å². The molecule has 112 valence electrons. The molecule has 5 fully saturated rings. The molecular weight excluding hydrogens is 276 g/mol. The second kappa shape index (κ2) is 2.90. The Morgan fingerprint density at radius 1 is 1.38 bits per heavy atom. The molecule has 0 aromatic heterocycles. The first-order valence-electron chi connectivity index (χ1n) is 7.26. The van der Waals surface area contributed by atoms with E-state index in [4.69, 9.17) is 14.2 Å². The van der Waals surface area contributed by atoms with Gasteiger partial charge in [-0.2, -0.15) is 0 Å². The van der Waals surface area contributed by atoms with E-state index in [9.17, 15) is 14.7 Å². The lowest BCUT2D eigenvalue weighted by Gasteiger charge is -2.51. The molecule has 5 rings (SSSR count). The summed E-state index contributed by atoms with van der Waals surface area (Å²) >= 11 is 0. The summed E-state index contributed by atoms with van der Waals surface area (Å²) in [6.07, 6.45) is -1.34. The van der Waals surface area contributed by atoms with Crippen LogP contribution in [0, 0.1) is 17.3 Å². The van der Waals surface area contributed by atoms with Gasteiger partial charge in [-0.15, -0.1) is 0 Å². The minimum Gasteiger partial charge on any atom is -0.457 e. The van der Waals surface area contributed by atoms with Gasteiger partial charge in [-0.25, -0.2) is 4.79 Å². The Kier molecular flexibility index (Phi) is 1.68. The van der Waals surface area contributed by atoms with Crippen molar-refractivity contribution >= 4 is 11.9 Å². The van der Waals surface area contributed by atoms with Gasteiger partial charge in [0.15, 0.2) is 6.10 Å². The molecule has 6 nitrogen and oxygen atoms in total. The Bertz CT molecular complexity index is 642. The first-order valence-corrected chi connectivity index (χ1v) is 7.26. The Morgan fingerprint density at radius 2 is 2.10 bits per heavy atom. The fraction of sp³-hybridized carbons (Fsp3) is 0.733. The van der Waals surface area contributed by atoms with Crippen LogP contribution in [-0.2, 0) is 23.8 Å². The number of esters is 2. The summed E-state index contributed by atoms with van der Waals surface area (Å²) in [4.78, 5) is 24.7. The van der Waals surface area contributed by atoms with Gasteiger partial charge in [-0.1, -0.05) is 12.2 Å². The lowest BCUT2D eigenvalue weighted by atomic mass is 9.53. The van der Waals surface area contributed by atoms with Crippen LogP contribution in [0.15, 0.2) is 12.2 Å². The summed E-state index contributed by atoms with van der Waals surface area (Å²) in [6.45, 7) is 7.55. The molecule has 2 aliphatic carbocycles. The fourth-order valence-corrected chi connectivity index (χ4v) is 5.59. The zero-order chi connectivity index (χ0) is 14.9. The largest absolute Gasteiger partial charge is 0.457 e. The summed E-state index contributed by atoms with van der Waals surface area (Å²) in [5, 5.41) is 11.4. The molecule has 0 aromatic carbocycles. The summed E-state index contributed by atoms with van der Waals surface area (Å²) in [5.41, 5.74) is -2.60. The number of carbonyl (C=O) groups is 2. The molecule has 3 aliphatic heterocycles. The number of ether oxygens (including phenoxy) is 3. The molecule has 0 amide bonds. The minimum absolute atomic E-state index is 0.269. The van der Waals surface area contributed by atoms with E-state index >= 15 is 0 Å². The van der Waals surface area contributed by atoms with E-state index in [1.54, 1.807) is 6.92 Å². The number of carbonyl (C=O) groups excluding carboxylic acids is 2. The molecule has 0 radical (unpaired) electrons. The van der Waals surface area contributed by atoms with Gasteiger partial charge in [0.2, 0.25) is 5.60 Å². The number of rotatable bonds is 1. The van der Waals surface area contributed by atoms with Gasteiger partial charge in [0, 0.05) is 12.3 Å². The molecule has 2 bridgehead atoms. The molecule has 1 spiro atoms. The third-order valence-corrected chi connectivity index (χ3v) is 6.60. The maximum atomic E-state index is 12.3. The van der Waals surface area contributed by atoms with E-state index in [0.717, 1.165) is 5.57 Å². The Labute approximate surface area is 121 Å². The van der Waals surface area contributed by atoms with Crippen LogP contribution in [0.25, 0.3) is 0 Å². The van der Waals surface area contributed by atoms with Crippen molar-refractivity contribution in [2.75, 3.05) is 0 Å². The fourth-order valence-electron chi connectivity index (χ4n) is 5.59. The molecule has 5 aliphatic rings. The topological polar surface area (TPSA) is 85.4 Å². The van der Waals surface area contributed by atoms with Gasteiger partial charge < -0.3 is 19.3 Å². The van der Waals surface area contributed by atoms with E-state index in [1.807, 2.05) is 6.92 Å². The van der Waals surface area contributed by atoms with Crippen LogP contribution in [0.3, 0.4) is 0 Å². The maximum absolute atomic E-state index is 12.3. The highest BCUT2D eigenvalue weighted by molar-refractivity contribution is 5.91. The predicted octanol–water partition coefficient (Wildman–Crippen LogP) is -0.0620. The molecule has 21 heavy (non-hydrogen) atoms. The summed E-state index contributed by atoms with van der Waals surface area (Å²) in [6, 6.07) is 0. The highest BCUT2D eigenvalue weighted by atomic mass is 16.7. The Balaban J connectivity index is 1.78. The smallest absolute Gasteiger partial charge is 0.342 e.